The van der Waals surface area contributed by atoms with Gasteiger partial charge in [-0.25, -0.2) is 0 Å². The van der Waals surface area contributed by atoms with Gasteiger partial charge < -0.3 is 9.80 Å². The summed E-state index contributed by atoms with van der Waals surface area (Å²) in [6.07, 6.45) is 0. The van der Waals surface area contributed by atoms with E-state index >= 15 is 0 Å². The third kappa shape index (κ3) is 6.14. The lowest BCUT2D eigenvalue weighted by molar-refractivity contribution is 1.34. The molecular formula is C76H46N2. The first-order valence-corrected chi connectivity index (χ1v) is 27.1. The standard InChI is InChI=1S/C76H46N2/c1-5-23-51-47(19-1)43-71(59-31-13-9-27-55(51)59)77(72-44-48-20-2-6-24-52(48)56-28-10-14-32-60(56)72)69-41-39-65-64-36-18-38-68-70(42-40-66(76(64)68)63-35-17-37-67(69)75(63)65)78(73-45-49-21-3-7-25-53(49)57-29-11-15-33-61(57)73)74-46-50-22-4-8-26-54(50)58-30-12-16-34-62(58)74/h1-46H. The van der Waals surface area contributed by atoms with Gasteiger partial charge in [-0.1, -0.05) is 243 Å². The molecule has 0 aliphatic heterocycles. The Morgan fingerprint density at radius 2 is 0.359 bits per heavy atom. The molecule has 0 fully saturated rings. The Hall–Kier alpha value is -10.3. The Balaban J connectivity index is 0.970. The Morgan fingerprint density at radius 1 is 0.141 bits per heavy atom. The lowest BCUT2D eigenvalue weighted by Gasteiger charge is -2.31. The van der Waals surface area contributed by atoms with Crippen LogP contribution < -0.4 is 9.80 Å². The minimum absolute atomic E-state index is 1.14. The van der Waals surface area contributed by atoms with E-state index in [1.165, 1.54) is 129 Å². The van der Waals surface area contributed by atoms with Gasteiger partial charge in [0.25, 0.3) is 0 Å². The second-order valence-electron chi connectivity index (χ2n) is 21.0. The van der Waals surface area contributed by atoms with E-state index in [9.17, 15) is 0 Å². The lowest BCUT2D eigenvalue weighted by Crippen LogP contribution is -2.12. The maximum atomic E-state index is 2.57. The number of rotatable bonds is 6. The number of hydrogen-bond acceptors (Lipinski definition) is 2. The van der Waals surface area contributed by atoms with Gasteiger partial charge in [0.05, 0.1) is 34.1 Å². The normalized spacial score (nSPS) is 12.1. The smallest absolute Gasteiger partial charge is 0.0546 e. The third-order valence-electron chi connectivity index (χ3n) is 17.0. The predicted molar refractivity (Wildman–Crippen MR) is 337 cm³/mol. The lowest BCUT2D eigenvalue weighted by atomic mass is 9.88. The zero-order chi connectivity index (χ0) is 51.0. The summed E-state index contributed by atoms with van der Waals surface area (Å²) in [5.74, 6) is 0. The number of fused-ring (bicyclic) bond motifs is 14. The highest BCUT2D eigenvalue weighted by molar-refractivity contribution is 6.36. The topological polar surface area (TPSA) is 6.48 Å². The van der Waals surface area contributed by atoms with Crippen molar-refractivity contribution in [2.75, 3.05) is 9.80 Å². The minimum Gasteiger partial charge on any atom is -0.309 e. The molecule has 0 aliphatic carbocycles. The fourth-order valence-corrected chi connectivity index (χ4v) is 13.7. The number of nitrogens with zero attached hydrogens (tertiary/aromatic N) is 2. The predicted octanol–water partition coefficient (Wildman–Crippen LogP) is 21.9. The molecule has 17 aromatic rings. The summed E-state index contributed by atoms with van der Waals surface area (Å²) in [5.41, 5.74) is 6.88. The van der Waals surface area contributed by atoms with E-state index in [0.29, 0.717) is 0 Å². The summed E-state index contributed by atoms with van der Waals surface area (Å²) in [5, 5.41) is 29.5. The van der Waals surface area contributed by atoms with Gasteiger partial charge in [0.1, 0.15) is 0 Å². The second-order valence-corrected chi connectivity index (χ2v) is 21.0. The molecule has 0 saturated carbocycles. The summed E-state index contributed by atoms with van der Waals surface area (Å²) in [6.45, 7) is 0. The van der Waals surface area contributed by atoms with Crippen molar-refractivity contribution in [3.63, 3.8) is 0 Å². The van der Waals surface area contributed by atoms with Crippen LogP contribution in [0.4, 0.5) is 34.1 Å². The molecule has 0 N–H and O–H groups in total. The highest BCUT2D eigenvalue weighted by Gasteiger charge is 2.27. The van der Waals surface area contributed by atoms with Crippen LogP contribution in [0.1, 0.15) is 0 Å². The molecule has 0 spiro atoms. The van der Waals surface area contributed by atoms with Crippen molar-refractivity contribution in [1.29, 1.82) is 0 Å². The number of hydrogen-bond donors (Lipinski definition) is 0. The van der Waals surface area contributed by atoms with Crippen molar-refractivity contribution in [3.05, 3.63) is 279 Å². The SMILES string of the molecule is c1ccc2c(c1)cc(N(c1cc3ccccc3c3ccccc13)c1ccc3c4cccc5c(N(c6cc7ccccc7c7ccccc67)c6cc7ccccc7c7ccccc67)ccc(c6cccc1c63)c54)c1ccccc12. The number of benzene rings is 17. The average Bonchev–Trinajstić information content (AvgIpc) is 3.70. The van der Waals surface area contributed by atoms with Gasteiger partial charge in [-0.3, -0.25) is 0 Å². The van der Waals surface area contributed by atoms with Crippen LogP contribution in [0, 0.1) is 0 Å². The van der Waals surface area contributed by atoms with Crippen molar-refractivity contribution in [3.8, 4) is 0 Å². The van der Waals surface area contributed by atoms with Gasteiger partial charge in [-0.15, -0.1) is 0 Å². The van der Waals surface area contributed by atoms with Crippen LogP contribution in [-0.2, 0) is 0 Å². The van der Waals surface area contributed by atoms with Crippen molar-refractivity contribution in [2.45, 2.75) is 0 Å². The Morgan fingerprint density at radius 3 is 0.654 bits per heavy atom. The van der Waals surface area contributed by atoms with Crippen molar-refractivity contribution < 1.29 is 0 Å². The van der Waals surface area contributed by atoms with Crippen LogP contribution in [0.2, 0.25) is 0 Å². The highest BCUT2D eigenvalue weighted by Crippen LogP contribution is 2.53. The third-order valence-corrected chi connectivity index (χ3v) is 17.0. The van der Waals surface area contributed by atoms with E-state index in [0.717, 1.165) is 34.1 Å². The van der Waals surface area contributed by atoms with Crippen LogP contribution in [0.5, 0.6) is 0 Å². The Kier molecular flexibility index (Phi) is 9.16. The Labute approximate surface area is 449 Å². The molecular weight excluding hydrogens is 941 g/mol. The maximum Gasteiger partial charge on any atom is 0.0546 e. The summed E-state index contributed by atoms with van der Waals surface area (Å²) in [7, 11) is 0. The number of anilines is 6. The molecule has 0 heterocycles. The van der Waals surface area contributed by atoms with Crippen LogP contribution in [0.15, 0.2) is 279 Å². The first-order valence-electron chi connectivity index (χ1n) is 27.1. The van der Waals surface area contributed by atoms with Gasteiger partial charge in [0.15, 0.2) is 0 Å². The summed E-state index contributed by atoms with van der Waals surface area (Å²) in [4.78, 5) is 5.15. The van der Waals surface area contributed by atoms with Crippen LogP contribution in [0.3, 0.4) is 0 Å². The van der Waals surface area contributed by atoms with E-state index in [1.54, 1.807) is 0 Å². The molecule has 0 saturated heterocycles. The van der Waals surface area contributed by atoms with Gasteiger partial charge in [-0.05, 0) is 133 Å². The van der Waals surface area contributed by atoms with Gasteiger partial charge >= 0.3 is 0 Å². The van der Waals surface area contributed by atoms with Gasteiger partial charge in [-0.2, -0.15) is 0 Å². The molecule has 2 heteroatoms. The average molecular weight is 987 g/mol. The van der Waals surface area contributed by atoms with Gasteiger partial charge in [0.2, 0.25) is 0 Å². The van der Waals surface area contributed by atoms with Crippen molar-refractivity contribution >= 4 is 163 Å². The molecule has 2 nitrogen and oxygen atoms in total. The highest BCUT2D eigenvalue weighted by atomic mass is 15.2. The molecule has 0 bridgehead atoms. The minimum atomic E-state index is 1.14. The molecule has 0 aliphatic rings. The van der Waals surface area contributed by atoms with E-state index in [4.69, 9.17) is 0 Å². The van der Waals surface area contributed by atoms with Crippen molar-refractivity contribution in [1.82, 2.24) is 0 Å². The monoisotopic (exact) mass is 986 g/mol. The second kappa shape index (κ2) is 16.6. The van der Waals surface area contributed by atoms with Crippen LogP contribution >= 0.6 is 0 Å². The van der Waals surface area contributed by atoms with Gasteiger partial charge in [0, 0.05) is 32.3 Å². The molecule has 360 valence electrons. The summed E-state index contributed by atoms with van der Waals surface area (Å²) < 4.78 is 0. The molecule has 0 unspecified atom stereocenters. The van der Waals surface area contributed by atoms with Crippen molar-refractivity contribution in [2.24, 2.45) is 0 Å². The van der Waals surface area contributed by atoms with E-state index in [1.807, 2.05) is 0 Å². The molecule has 78 heavy (non-hydrogen) atoms. The molecule has 0 atom stereocenters. The molecule has 0 amide bonds. The first-order chi connectivity index (χ1) is 38.7. The van der Waals surface area contributed by atoms with E-state index < -0.39 is 0 Å². The van der Waals surface area contributed by atoms with E-state index in [-0.39, 0.29) is 0 Å². The van der Waals surface area contributed by atoms with Crippen LogP contribution in [-0.4, -0.2) is 0 Å². The molecule has 17 aromatic carbocycles. The fourth-order valence-electron chi connectivity index (χ4n) is 13.7. The molecule has 0 radical (unpaired) electrons. The first kappa shape index (κ1) is 43.0. The largest absolute Gasteiger partial charge is 0.309 e. The Bertz CT molecular complexity index is 4770. The summed E-state index contributed by atoms with van der Waals surface area (Å²) >= 11 is 0. The quantitative estimate of drug-likeness (QED) is 0.121. The molecule has 0 aromatic heterocycles. The maximum absolute atomic E-state index is 2.57. The zero-order valence-corrected chi connectivity index (χ0v) is 42.5. The fraction of sp³-hybridized carbons (Fsp3) is 0. The van der Waals surface area contributed by atoms with E-state index in [2.05, 4.69) is 289 Å². The van der Waals surface area contributed by atoms with Crippen LogP contribution in [0.25, 0.3) is 129 Å². The zero-order valence-electron chi connectivity index (χ0n) is 42.5. The summed E-state index contributed by atoms with van der Waals surface area (Å²) in [6, 6.07) is 104. The molecule has 17 rings (SSSR count).